The summed E-state index contributed by atoms with van der Waals surface area (Å²) < 4.78 is 0. The Kier molecular flexibility index (Phi) is 4.93. The van der Waals surface area contributed by atoms with Gasteiger partial charge in [-0.3, -0.25) is 4.79 Å². The fourth-order valence-electron chi connectivity index (χ4n) is 1.03. The molecule has 0 unspecified atom stereocenters. The molecular formula is C9H16N2OS. The molecule has 2 N–H and O–H groups in total. The maximum absolute atomic E-state index is 11.3. The van der Waals surface area contributed by atoms with E-state index < -0.39 is 0 Å². The summed E-state index contributed by atoms with van der Waals surface area (Å²) in [5.74, 6) is 2.33. The molecule has 0 aromatic heterocycles. The number of nitrogens with one attached hydrogen (secondary N) is 2. The van der Waals surface area contributed by atoms with Crippen LogP contribution in [0.5, 0.6) is 0 Å². The van der Waals surface area contributed by atoms with E-state index in [4.69, 9.17) is 0 Å². The average Bonchev–Trinajstić information content (AvgIpc) is 2.01. The van der Waals surface area contributed by atoms with Crippen LogP contribution in [0.25, 0.3) is 0 Å². The Hall–Kier alpha value is -0.480. The lowest BCUT2D eigenvalue weighted by molar-refractivity contribution is -0.126. The minimum atomic E-state index is 0.193. The number of carbonyl (C=O) groups is 1. The summed E-state index contributed by atoms with van der Waals surface area (Å²) >= 11 is 1.78. The van der Waals surface area contributed by atoms with Gasteiger partial charge in [-0.2, -0.15) is 11.8 Å². The van der Waals surface area contributed by atoms with Crippen LogP contribution in [0.3, 0.4) is 0 Å². The molecule has 0 radical (unpaired) electrons. The Bertz CT molecular complexity index is 180. The fraction of sp³-hybridized carbons (Fsp3) is 0.667. The van der Waals surface area contributed by atoms with E-state index in [9.17, 15) is 4.79 Å². The van der Waals surface area contributed by atoms with Crippen molar-refractivity contribution in [2.75, 3.05) is 31.1 Å². The second kappa shape index (κ2) is 6.05. The van der Waals surface area contributed by atoms with E-state index >= 15 is 0 Å². The van der Waals surface area contributed by atoms with E-state index in [0.717, 1.165) is 31.1 Å². The van der Waals surface area contributed by atoms with E-state index in [2.05, 4.69) is 17.2 Å². The van der Waals surface area contributed by atoms with Gasteiger partial charge in [0.15, 0.2) is 0 Å². The highest BCUT2D eigenvalue weighted by atomic mass is 32.2. The molecule has 74 valence electrons. The highest BCUT2D eigenvalue weighted by Crippen LogP contribution is 2.02. The predicted molar refractivity (Wildman–Crippen MR) is 56.9 cm³/mol. The van der Waals surface area contributed by atoms with Gasteiger partial charge in [0.05, 0.1) is 5.92 Å². The third kappa shape index (κ3) is 3.83. The van der Waals surface area contributed by atoms with E-state index in [0.29, 0.717) is 0 Å². The van der Waals surface area contributed by atoms with Crippen LogP contribution in [-0.2, 0) is 4.79 Å². The van der Waals surface area contributed by atoms with Crippen molar-refractivity contribution in [3.63, 3.8) is 0 Å². The first kappa shape index (κ1) is 10.6. The van der Waals surface area contributed by atoms with Crippen LogP contribution < -0.4 is 10.6 Å². The first-order valence-electron chi connectivity index (χ1n) is 4.51. The molecule has 4 heteroatoms. The Morgan fingerprint density at radius 2 is 2.46 bits per heavy atom. The van der Waals surface area contributed by atoms with Crippen LogP contribution in [-0.4, -0.2) is 37.0 Å². The molecule has 1 heterocycles. The van der Waals surface area contributed by atoms with Gasteiger partial charge < -0.3 is 10.6 Å². The molecule has 0 atom stereocenters. The van der Waals surface area contributed by atoms with Gasteiger partial charge in [0, 0.05) is 31.1 Å². The fourth-order valence-corrected chi connectivity index (χ4v) is 1.61. The number of hydrogen-bond donors (Lipinski definition) is 2. The van der Waals surface area contributed by atoms with Gasteiger partial charge >= 0.3 is 0 Å². The first-order chi connectivity index (χ1) is 6.34. The SMILES string of the molecule is C=CCSCCNC(=O)C1CNC1. The van der Waals surface area contributed by atoms with Crippen molar-refractivity contribution >= 4 is 17.7 Å². The number of hydrogen-bond acceptors (Lipinski definition) is 3. The third-order valence-electron chi connectivity index (χ3n) is 1.93. The van der Waals surface area contributed by atoms with E-state index in [1.54, 1.807) is 11.8 Å². The molecule has 13 heavy (non-hydrogen) atoms. The Labute approximate surface area is 83.3 Å². The molecule has 1 aliphatic rings. The molecule has 0 aromatic rings. The van der Waals surface area contributed by atoms with E-state index in [1.165, 1.54) is 0 Å². The third-order valence-corrected chi connectivity index (χ3v) is 2.90. The summed E-state index contributed by atoms with van der Waals surface area (Å²) in [5.41, 5.74) is 0. The highest BCUT2D eigenvalue weighted by molar-refractivity contribution is 7.99. The number of amides is 1. The van der Waals surface area contributed by atoms with Gasteiger partial charge in [0.2, 0.25) is 5.91 Å². The summed E-state index contributed by atoms with van der Waals surface area (Å²) in [4.78, 5) is 11.3. The first-order valence-corrected chi connectivity index (χ1v) is 5.67. The molecule has 0 saturated carbocycles. The van der Waals surface area contributed by atoms with Gasteiger partial charge in [0.25, 0.3) is 0 Å². The topological polar surface area (TPSA) is 41.1 Å². The normalized spacial score (nSPS) is 16.3. The summed E-state index contributed by atoms with van der Waals surface area (Å²) in [5, 5.41) is 5.98. The van der Waals surface area contributed by atoms with Gasteiger partial charge in [-0.25, -0.2) is 0 Å². The largest absolute Gasteiger partial charge is 0.355 e. The number of thioether (sulfide) groups is 1. The van der Waals surface area contributed by atoms with Gasteiger partial charge in [-0.1, -0.05) is 6.08 Å². The van der Waals surface area contributed by atoms with Crippen LogP contribution in [0.4, 0.5) is 0 Å². The van der Waals surface area contributed by atoms with Crippen LogP contribution >= 0.6 is 11.8 Å². The minimum absolute atomic E-state index is 0.193. The van der Waals surface area contributed by atoms with Crippen molar-refractivity contribution in [1.29, 1.82) is 0 Å². The summed E-state index contributed by atoms with van der Waals surface area (Å²) in [6, 6.07) is 0. The standard InChI is InChI=1S/C9H16N2OS/c1-2-4-13-5-3-11-9(12)8-6-10-7-8/h2,8,10H,1,3-7H2,(H,11,12). The van der Waals surface area contributed by atoms with Crippen molar-refractivity contribution in [2.45, 2.75) is 0 Å². The molecular weight excluding hydrogens is 184 g/mol. The highest BCUT2D eigenvalue weighted by Gasteiger charge is 2.23. The summed E-state index contributed by atoms with van der Waals surface area (Å²) in [6.07, 6.45) is 1.88. The van der Waals surface area contributed by atoms with Crippen LogP contribution in [0, 0.1) is 5.92 Å². The van der Waals surface area contributed by atoms with Crippen molar-refractivity contribution in [3.05, 3.63) is 12.7 Å². The zero-order valence-electron chi connectivity index (χ0n) is 7.71. The average molecular weight is 200 g/mol. The van der Waals surface area contributed by atoms with Crippen molar-refractivity contribution in [1.82, 2.24) is 10.6 Å². The molecule has 1 amide bonds. The molecule has 1 rings (SSSR count). The van der Waals surface area contributed by atoms with Crippen LogP contribution in [0.1, 0.15) is 0 Å². The molecule has 0 bridgehead atoms. The van der Waals surface area contributed by atoms with E-state index in [-0.39, 0.29) is 11.8 Å². The lowest BCUT2D eigenvalue weighted by Crippen LogP contribution is -2.51. The van der Waals surface area contributed by atoms with Crippen molar-refractivity contribution in [3.8, 4) is 0 Å². The second-order valence-electron chi connectivity index (χ2n) is 3.01. The Balaban J connectivity index is 1.92. The summed E-state index contributed by atoms with van der Waals surface area (Å²) in [6.45, 7) is 6.08. The Morgan fingerprint density at radius 3 is 3.00 bits per heavy atom. The molecule has 0 aliphatic carbocycles. The zero-order valence-corrected chi connectivity index (χ0v) is 8.53. The van der Waals surface area contributed by atoms with Crippen molar-refractivity contribution in [2.24, 2.45) is 5.92 Å². The van der Waals surface area contributed by atoms with Crippen LogP contribution in [0.2, 0.25) is 0 Å². The Morgan fingerprint density at radius 1 is 1.69 bits per heavy atom. The molecule has 0 spiro atoms. The second-order valence-corrected chi connectivity index (χ2v) is 4.16. The summed E-state index contributed by atoms with van der Waals surface area (Å²) in [7, 11) is 0. The molecule has 1 saturated heterocycles. The smallest absolute Gasteiger partial charge is 0.225 e. The molecule has 0 aromatic carbocycles. The van der Waals surface area contributed by atoms with Crippen LogP contribution in [0.15, 0.2) is 12.7 Å². The lowest BCUT2D eigenvalue weighted by Gasteiger charge is -2.25. The van der Waals surface area contributed by atoms with E-state index in [1.807, 2.05) is 6.08 Å². The van der Waals surface area contributed by atoms with Crippen molar-refractivity contribution < 1.29 is 4.79 Å². The lowest BCUT2D eigenvalue weighted by atomic mass is 10.0. The van der Waals surface area contributed by atoms with Gasteiger partial charge in [-0.15, -0.1) is 6.58 Å². The predicted octanol–water partition coefficient (Wildman–Crippen LogP) is 0.241. The minimum Gasteiger partial charge on any atom is -0.355 e. The quantitative estimate of drug-likeness (QED) is 0.477. The van der Waals surface area contributed by atoms with Gasteiger partial charge in [-0.05, 0) is 0 Å². The number of rotatable bonds is 6. The zero-order chi connectivity index (χ0) is 9.52. The maximum atomic E-state index is 11.3. The monoisotopic (exact) mass is 200 g/mol. The molecule has 3 nitrogen and oxygen atoms in total. The maximum Gasteiger partial charge on any atom is 0.225 e. The molecule has 1 fully saturated rings. The van der Waals surface area contributed by atoms with Gasteiger partial charge in [0.1, 0.15) is 0 Å². The number of carbonyl (C=O) groups excluding carboxylic acids is 1. The molecule has 1 aliphatic heterocycles.